The van der Waals surface area contributed by atoms with Gasteiger partial charge in [0.15, 0.2) is 15.5 Å². The van der Waals surface area contributed by atoms with Crippen LogP contribution in [-0.2, 0) is 9.84 Å². The molecule has 1 aromatic carbocycles. The summed E-state index contributed by atoms with van der Waals surface area (Å²) in [5.41, 5.74) is 2.52. The molecule has 0 aliphatic carbocycles. The third-order valence-corrected chi connectivity index (χ3v) is 5.92. The molecule has 0 unspecified atom stereocenters. The summed E-state index contributed by atoms with van der Waals surface area (Å²) >= 11 is 0. The van der Waals surface area contributed by atoms with E-state index in [1.807, 2.05) is 6.07 Å². The average molecular weight is 357 g/mol. The maximum atomic E-state index is 12.3. The molecule has 1 N–H and O–H groups in total. The van der Waals surface area contributed by atoms with E-state index in [-0.39, 0.29) is 23.5 Å². The van der Waals surface area contributed by atoms with E-state index < -0.39 is 9.84 Å². The summed E-state index contributed by atoms with van der Waals surface area (Å²) in [6.45, 7) is 0. The third kappa shape index (κ3) is 3.10. The Morgan fingerprint density at radius 3 is 2.72 bits per heavy atom. The lowest BCUT2D eigenvalue weighted by atomic mass is 10.1. The van der Waals surface area contributed by atoms with Crippen molar-refractivity contribution in [1.29, 1.82) is 0 Å². The van der Waals surface area contributed by atoms with Crippen LogP contribution in [0.4, 0.5) is 0 Å². The number of rotatable bonds is 3. The van der Waals surface area contributed by atoms with E-state index >= 15 is 0 Å². The number of carbonyl (C=O) groups excluding carboxylic acids is 1. The number of hydrogen-bond acceptors (Lipinski definition) is 6. The maximum Gasteiger partial charge on any atom is 0.251 e. The molecule has 2 aromatic heterocycles. The second kappa shape index (κ2) is 5.92. The van der Waals surface area contributed by atoms with E-state index in [1.165, 1.54) is 0 Å². The molecule has 0 radical (unpaired) electrons. The first-order chi connectivity index (χ1) is 12.0. The first-order valence-corrected chi connectivity index (χ1v) is 9.62. The highest BCUT2D eigenvalue weighted by atomic mass is 32.2. The molecule has 1 fully saturated rings. The predicted octanol–water partition coefficient (Wildman–Crippen LogP) is 0.732. The molecule has 1 saturated heterocycles. The van der Waals surface area contributed by atoms with Gasteiger partial charge in [-0.2, -0.15) is 4.68 Å². The summed E-state index contributed by atoms with van der Waals surface area (Å²) in [5, 5.41) is 10.9. The zero-order valence-electron chi connectivity index (χ0n) is 13.2. The molecule has 4 rings (SSSR count). The summed E-state index contributed by atoms with van der Waals surface area (Å²) < 4.78 is 24.5. The maximum absolute atomic E-state index is 12.3. The Bertz CT molecular complexity index is 1040. The Morgan fingerprint density at radius 2 is 2.00 bits per heavy atom. The van der Waals surface area contributed by atoms with Crippen LogP contribution in [0.25, 0.3) is 16.9 Å². The van der Waals surface area contributed by atoms with Gasteiger partial charge in [0.2, 0.25) is 0 Å². The highest BCUT2D eigenvalue weighted by Gasteiger charge is 2.29. The highest BCUT2D eigenvalue weighted by molar-refractivity contribution is 7.91. The Labute approximate surface area is 143 Å². The van der Waals surface area contributed by atoms with Gasteiger partial charge in [-0.25, -0.2) is 13.4 Å². The molecule has 0 spiro atoms. The van der Waals surface area contributed by atoms with Crippen molar-refractivity contribution >= 4 is 26.9 Å². The lowest BCUT2D eigenvalue weighted by Crippen LogP contribution is -2.35. The minimum Gasteiger partial charge on any atom is -0.348 e. The van der Waals surface area contributed by atoms with Crippen molar-refractivity contribution in [1.82, 2.24) is 25.3 Å². The number of aromatic nitrogens is 4. The van der Waals surface area contributed by atoms with Crippen molar-refractivity contribution in [2.24, 2.45) is 0 Å². The van der Waals surface area contributed by atoms with Gasteiger partial charge in [0, 0.05) is 17.8 Å². The topological polar surface area (TPSA) is 107 Å². The van der Waals surface area contributed by atoms with Crippen molar-refractivity contribution in [3.63, 3.8) is 0 Å². The van der Waals surface area contributed by atoms with Gasteiger partial charge in [-0.1, -0.05) is 5.21 Å². The van der Waals surface area contributed by atoms with Gasteiger partial charge in [-0.3, -0.25) is 4.79 Å². The second-order valence-corrected chi connectivity index (χ2v) is 8.20. The highest BCUT2D eigenvalue weighted by Crippen LogP contribution is 2.16. The molecule has 1 aliphatic heterocycles. The number of fused-ring (bicyclic) bond motifs is 1. The number of amides is 1. The Balaban J connectivity index is 1.53. The molecule has 0 saturated carbocycles. The van der Waals surface area contributed by atoms with Gasteiger partial charge in [0.05, 0.1) is 17.2 Å². The largest absolute Gasteiger partial charge is 0.348 e. The Hall–Kier alpha value is -2.81. The molecule has 3 heterocycles. The number of benzene rings is 1. The van der Waals surface area contributed by atoms with Gasteiger partial charge in [0.1, 0.15) is 5.52 Å². The smallest absolute Gasteiger partial charge is 0.251 e. The number of sulfone groups is 1. The molecule has 1 aliphatic rings. The van der Waals surface area contributed by atoms with Crippen LogP contribution in [0.15, 0.2) is 42.6 Å². The Morgan fingerprint density at radius 1 is 1.20 bits per heavy atom. The van der Waals surface area contributed by atoms with Crippen molar-refractivity contribution in [3.05, 3.63) is 48.2 Å². The lowest BCUT2D eigenvalue weighted by molar-refractivity contribution is 0.0941. The van der Waals surface area contributed by atoms with E-state index in [1.54, 1.807) is 41.2 Å². The minimum absolute atomic E-state index is 0.00738. The minimum atomic E-state index is -3.02. The predicted molar refractivity (Wildman–Crippen MR) is 91.2 cm³/mol. The van der Waals surface area contributed by atoms with Crippen LogP contribution >= 0.6 is 0 Å². The van der Waals surface area contributed by atoms with Crippen LogP contribution in [0.3, 0.4) is 0 Å². The van der Waals surface area contributed by atoms with Gasteiger partial charge in [0.25, 0.3) is 5.91 Å². The molecule has 3 aromatic rings. The summed E-state index contributed by atoms with van der Waals surface area (Å²) in [4.78, 5) is 16.5. The number of hydrogen-bond donors (Lipinski definition) is 1. The number of pyridine rings is 1. The molecular formula is C16H15N5O3S. The normalized spacial score (nSPS) is 19.1. The summed E-state index contributed by atoms with van der Waals surface area (Å²) in [7, 11) is -3.02. The fourth-order valence-corrected chi connectivity index (χ4v) is 4.54. The summed E-state index contributed by atoms with van der Waals surface area (Å²) in [6, 6.07) is 10.1. The molecule has 1 amide bonds. The molecular weight excluding hydrogens is 342 g/mol. The molecule has 8 nitrogen and oxygen atoms in total. The monoisotopic (exact) mass is 357 g/mol. The van der Waals surface area contributed by atoms with Crippen molar-refractivity contribution < 1.29 is 13.2 Å². The first-order valence-electron chi connectivity index (χ1n) is 7.80. The van der Waals surface area contributed by atoms with E-state index in [9.17, 15) is 13.2 Å². The molecule has 9 heteroatoms. The van der Waals surface area contributed by atoms with Crippen LogP contribution in [0, 0.1) is 0 Å². The van der Waals surface area contributed by atoms with E-state index in [0.717, 1.165) is 5.69 Å². The summed E-state index contributed by atoms with van der Waals surface area (Å²) in [6.07, 6.45) is 2.13. The van der Waals surface area contributed by atoms with E-state index in [0.29, 0.717) is 23.1 Å². The van der Waals surface area contributed by atoms with Crippen LogP contribution in [-0.4, -0.2) is 51.9 Å². The molecule has 25 heavy (non-hydrogen) atoms. The fraction of sp³-hybridized carbons (Fsp3) is 0.250. The van der Waals surface area contributed by atoms with Crippen LogP contribution in [0.2, 0.25) is 0 Å². The van der Waals surface area contributed by atoms with Crippen molar-refractivity contribution in [3.8, 4) is 5.69 Å². The van der Waals surface area contributed by atoms with Crippen molar-refractivity contribution in [2.75, 3.05) is 11.5 Å². The fourth-order valence-electron chi connectivity index (χ4n) is 2.87. The van der Waals surface area contributed by atoms with Gasteiger partial charge in [-0.15, -0.1) is 5.10 Å². The number of carbonyl (C=O) groups is 1. The van der Waals surface area contributed by atoms with Gasteiger partial charge < -0.3 is 5.32 Å². The van der Waals surface area contributed by atoms with E-state index in [4.69, 9.17) is 0 Å². The zero-order chi connectivity index (χ0) is 17.4. The second-order valence-electron chi connectivity index (χ2n) is 5.97. The average Bonchev–Trinajstić information content (AvgIpc) is 3.18. The SMILES string of the molecule is O=C(N[C@@H]1CCS(=O)(=O)C1)c1ccc(-n2nnc3cccnc32)cc1. The molecule has 0 bridgehead atoms. The number of nitrogens with one attached hydrogen (secondary N) is 1. The molecule has 1 atom stereocenters. The van der Waals surface area contributed by atoms with Crippen LogP contribution < -0.4 is 5.32 Å². The van der Waals surface area contributed by atoms with Gasteiger partial charge in [-0.05, 0) is 42.8 Å². The van der Waals surface area contributed by atoms with Crippen LogP contribution in [0.1, 0.15) is 16.8 Å². The van der Waals surface area contributed by atoms with Crippen molar-refractivity contribution in [2.45, 2.75) is 12.5 Å². The van der Waals surface area contributed by atoms with Gasteiger partial charge >= 0.3 is 0 Å². The zero-order valence-corrected chi connectivity index (χ0v) is 14.0. The molecule has 128 valence electrons. The summed E-state index contributed by atoms with van der Waals surface area (Å²) in [5.74, 6) is -0.147. The third-order valence-electron chi connectivity index (χ3n) is 4.15. The Kier molecular flexibility index (Phi) is 3.72. The van der Waals surface area contributed by atoms with Crippen LogP contribution in [0.5, 0.6) is 0 Å². The van der Waals surface area contributed by atoms with E-state index in [2.05, 4.69) is 20.6 Å². The lowest BCUT2D eigenvalue weighted by Gasteiger charge is -2.11. The quantitative estimate of drug-likeness (QED) is 0.741. The standard InChI is InChI=1S/C16H15N5O3S/c22-16(18-12-7-9-25(23,24)10-12)11-3-5-13(6-4-11)21-15-14(19-20-21)2-1-8-17-15/h1-6,8,12H,7,9-10H2,(H,18,22)/t12-/m1/s1. The first kappa shape index (κ1) is 15.7. The number of nitrogens with zero attached hydrogens (tertiary/aromatic N) is 4.